The van der Waals surface area contributed by atoms with E-state index in [0.717, 1.165) is 11.9 Å². The monoisotopic (exact) mass is 242 g/mol. The Morgan fingerprint density at radius 1 is 1.60 bits per heavy atom. The van der Waals surface area contributed by atoms with E-state index in [-0.39, 0.29) is 0 Å². The van der Waals surface area contributed by atoms with Gasteiger partial charge in [0, 0.05) is 11.9 Å². The molecule has 2 nitrogen and oxygen atoms in total. The SMILES string of the molecule is Clc1ncn(CCBr)c1Cl. The summed E-state index contributed by atoms with van der Waals surface area (Å²) in [5.41, 5.74) is 0. The third-order valence-electron chi connectivity index (χ3n) is 1.06. The average molecular weight is 244 g/mol. The second-order valence-electron chi connectivity index (χ2n) is 1.71. The molecule has 10 heavy (non-hydrogen) atoms. The molecule has 0 saturated carbocycles. The van der Waals surface area contributed by atoms with Crippen LogP contribution in [0.15, 0.2) is 6.33 Å². The van der Waals surface area contributed by atoms with Crippen molar-refractivity contribution >= 4 is 39.1 Å². The number of hydrogen-bond donors (Lipinski definition) is 0. The molecule has 0 saturated heterocycles. The third-order valence-corrected chi connectivity index (χ3v) is 2.18. The molecule has 0 atom stereocenters. The molecule has 0 fully saturated rings. The summed E-state index contributed by atoms with van der Waals surface area (Å²) in [6.07, 6.45) is 1.62. The van der Waals surface area contributed by atoms with Crippen LogP contribution in [0, 0.1) is 0 Å². The highest BCUT2D eigenvalue weighted by molar-refractivity contribution is 9.09. The summed E-state index contributed by atoms with van der Waals surface area (Å²) in [5, 5.41) is 1.71. The lowest BCUT2D eigenvalue weighted by molar-refractivity contribution is 0.775. The topological polar surface area (TPSA) is 17.8 Å². The standard InChI is InChI=1S/C5H5BrCl2N2/c6-1-2-10-3-9-4(7)5(10)8/h3H,1-2H2. The number of hydrogen-bond acceptors (Lipinski definition) is 1. The van der Waals surface area contributed by atoms with E-state index < -0.39 is 0 Å². The zero-order valence-corrected chi connectivity index (χ0v) is 8.12. The lowest BCUT2D eigenvalue weighted by Gasteiger charge is -1.97. The summed E-state index contributed by atoms with van der Waals surface area (Å²) in [6, 6.07) is 0. The number of aryl methyl sites for hydroxylation is 1. The van der Waals surface area contributed by atoms with Gasteiger partial charge >= 0.3 is 0 Å². The van der Waals surface area contributed by atoms with Crippen LogP contribution in [0.5, 0.6) is 0 Å². The van der Waals surface area contributed by atoms with Crippen molar-refractivity contribution in [3.63, 3.8) is 0 Å². The molecule has 0 aromatic carbocycles. The van der Waals surface area contributed by atoms with Crippen molar-refractivity contribution in [1.29, 1.82) is 0 Å². The van der Waals surface area contributed by atoms with Gasteiger partial charge in [0.2, 0.25) is 0 Å². The lowest BCUT2D eigenvalue weighted by Crippen LogP contribution is -1.95. The number of nitrogens with zero attached hydrogens (tertiary/aromatic N) is 2. The van der Waals surface area contributed by atoms with Crippen molar-refractivity contribution < 1.29 is 0 Å². The zero-order valence-electron chi connectivity index (χ0n) is 5.02. The Morgan fingerprint density at radius 2 is 2.30 bits per heavy atom. The van der Waals surface area contributed by atoms with Crippen LogP contribution in [0.1, 0.15) is 0 Å². The maximum atomic E-state index is 5.74. The fourth-order valence-corrected chi connectivity index (χ4v) is 1.30. The van der Waals surface area contributed by atoms with Crippen LogP contribution in [0.25, 0.3) is 0 Å². The molecular formula is C5H5BrCl2N2. The number of rotatable bonds is 2. The molecule has 1 aromatic rings. The van der Waals surface area contributed by atoms with Crippen LogP contribution < -0.4 is 0 Å². The summed E-state index contributed by atoms with van der Waals surface area (Å²) >= 11 is 14.6. The maximum Gasteiger partial charge on any atom is 0.166 e. The Balaban J connectivity index is 2.83. The Bertz CT molecular complexity index is 223. The van der Waals surface area contributed by atoms with Gasteiger partial charge in [0.05, 0.1) is 6.33 Å². The first-order valence-corrected chi connectivity index (χ1v) is 4.55. The van der Waals surface area contributed by atoms with Crippen molar-refractivity contribution in [2.24, 2.45) is 0 Å². The highest BCUT2D eigenvalue weighted by atomic mass is 79.9. The van der Waals surface area contributed by atoms with Gasteiger partial charge in [-0.1, -0.05) is 39.1 Å². The minimum atomic E-state index is 0.364. The van der Waals surface area contributed by atoms with Crippen molar-refractivity contribution in [3.8, 4) is 0 Å². The highest BCUT2D eigenvalue weighted by Crippen LogP contribution is 2.19. The van der Waals surface area contributed by atoms with Crippen molar-refractivity contribution in [2.45, 2.75) is 6.54 Å². The van der Waals surface area contributed by atoms with Crippen LogP contribution in [-0.2, 0) is 6.54 Å². The van der Waals surface area contributed by atoms with Crippen LogP contribution >= 0.6 is 39.1 Å². The first-order valence-electron chi connectivity index (χ1n) is 2.68. The van der Waals surface area contributed by atoms with Crippen LogP contribution in [0.4, 0.5) is 0 Å². The van der Waals surface area contributed by atoms with E-state index in [2.05, 4.69) is 20.9 Å². The zero-order chi connectivity index (χ0) is 7.56. The van der Waals surface area contributed by atoms with Gasteiger partial charge in [-0.05, 0) is 0 Å². The number of alkyl halides is 1. The predicted octanol–water partition coefficient (Wildman–Crippen LogP) is 2.58. The smallest absolute Gasteiger partial charge is 0.166 e. The summed E-state index contributed by atoms with van der Waals surface area (Å²) < 4.78 is 1.78. The first-order chi connectivity index (χ1) is 4.75. The molecule has 0 aliphatic carbocycles. The van der Waals surface area contributed by atoms with E-state index in [1.54, 1.807) is 10.9 Å². The largest absolute Gasteiger partial charge is 0.320 e. The molecule has 0 unspecified atom stereocenters. The molecule has 0 aliphatic rings. The van der Waals surface area contributed by atoms with Crippen LogP contribution in [0.3, 0.4) is 0 Å². The fraction of sp³-hybridized carbons (Fsp3) is 0.400. The summed E-state index contributed by atoms with van der Waals surface area (Å²) in [5.74, 6) is 0. The molecule has 5 heteroatoms. The van der Waals surface area contributed by atoms with E-state index in [4.69, 9.17) is 23.2 Å². The fourth-order valence-electron chi connectivity index (χ4n) is 0.590. The molecule has 56 valence electrons. The van der Waals surface area contributed by atoms with Crippen molar-refractivity contribution in [1.82, 2.24) is 9.55 Å². The van der Waals surface area contributed by atoms with Gasteiger partial charge < -0.3 is 4.57 Å². The Labute approximate surface area is 77.3 Å². The van der Waals surface area contributed by atoms with Gasteiger partial charge in [-0.2, -0.15) is 0 Å². The van der Waals surface area contributed by atoms with Gasteiger partial charge in [-0.25, -0.2) is 4.98 Å². The summed E-state index contributed by atoms with van der Waals surface area (Å²) in [6.45, 7) is 0.790. The molecule has 1 rings (SSSR count). The summed E-state index contributed by atoms with van der Waals surface area (Å²) in [7, 11) is 0. The molecule has 0 spiro atoms. The molecule has 0 radical (unpaired) electrons. The third kappa shape index (κ3) is 1.65. The quantitative estimate of drug-likeness (QED) is 0.731. The Morgan fingerprint density at radius 3 is 2.70 bits per heavy atom. The Hall–Kier alpha value is 0.270. The van der Waals surface area contributed by atoms with Gasteiger partial charge in [-0.15, -0.1) is 0 Å². The molecule has 0 amide bonds. The maximum absolute atomic E-state index is 5.74. The predicted molar refractivity (Wildman–Crippen MR) is 46.0 cm³/mol. The molecule has 0 bridgehead atoms. The minimum Gasteiger partial charge on any atom is -0.320 e. The van der Waals surface area contributed by atoms with E-state index >= 15 is 0 Å². The average Bonchev–Trinajstić information content (AvgIpc) is 2.20. The van der Waals surface area contributed by atoms with Gasteiger partial charge in [0.25, 0.3) is 0 Å². The number of imidazole rings is 1. The van der Waals surface area contributed by atoms with Gasteiger partial charge in [-0.3, -0.25) is 0 Å². The number of halogens is 3. The minimum absolute atomic E-state index is 0.364. The molecule has 1 aromatic heterocycles. The van der Waals surface area contributed by atoms with Crippen LogP contribution in [-0.4, -0.2) is 14.9 Å². The van der Waals surface area contributed by atoms with Crippen molar-refractivity contribution in [2.75, 3.05) is 5.33 Å². The normalized spacial score (nSPS) is 10.3. The number of aromatic nitrogens is 2. The summed E-state index contributed by atoms with van der Waals surface area (Å²) in [4.78, 5) is 3.81. The van der Waals surface area contributed by atoms with Crippen LogP contribution in [0.2, 0.25) is 10.3 Å². The molecular weight excluding hydrogens is 239 g/mol. The van der Waals surface area contributed by atoms with E-state index in [1.165, 1.54) is 0 Å². The second-order valence-corrected chi connectivity index (χ2v) is 3.22. The first kappa shape index (κ1) is 8.37. The van der Waals surface area contributed by atoms with E-state index in [1.807, 2.05) is 0 Å². The van der Waals surface area contributed by atoms with Gasteiger partial charge in [0.1, 0.15) is 5.15 Å². The van der Waals surface area contributed by atoms with E-state index in [0.29, 0.717) is 10.3 Å². The molecule has 0 aliphatic heterocycles. The molecule has 1 heterocycles. The second kappa shape index (κ2) is 3.60. The van der Waals surface area contributed by atoms with Crippen molar-refractivity contribution in [3.05, 3.63) is 16.6 Å². The lowest BCUT2D eigenvalue weighted by atomic mass is 10.7. The highest BCUT2D eigenvalue weighted by Gasteiger charge is 2.03. The Kier molecular flexibility index (Phi) is 3.01. The van der Waals surface area contributed by atoms with Gasteiger partial charge in [0.15, 0.2) is 5.15 Å². The van der Waals surface area contributed by atoms with E-state index in [9.17, 15) is 0 Å². The molecule has 0 N–H and O–H groups in total.